The lowest BCUT2D eigenvalue weighted by molar-refractivity contribution is -0.186. The van der Waals surface area contributed by atoms with E-state index >= 15 is 0 Å². The zero-order valence-electron chi connectivity index (χ0n) is 8.17. The average molecular weight is 184 g/mol. The molecule has 74 valence electrons. The Labute approximate surface area is 78.1 Å². The van der Waals surface area contributed by atoms with Crippen LogP contribution in [0.4, 0.5) is 0 Å². The lowest BCUT2D eigenvalue weighted by atomic mass is 9.70. The fraction of sp³-hybridized carbons (Fsp3) is 0.900. The molecule has 1 heterocycles. The van der Waals surface area contributed by atoms with Gasteiger partial charge in [0, 0.05) is 0 Å². The van der Waals surface area contributed by atoms with Crippen molar-refractivity contribution in [3.05, 3.63) is 0 Å². The van der Waals surface area contributed by atoms with Crippen LogP contribution in [0.1, 0.15) is 39.5 Å². The van der Waals surface area contributed by atoms with E-state index in [1.165, 1.54) is 0 Å². The average Bonchev–Trinajstić information content (AvgIpc) is 2.29. The highest BCUT2D eigenvalue weighted by Crippen LogP contribution is 2.52. The third-order valence-electron chi connectivity index (χ3n) is 3.39. The maximum atomic E-state index is 10.9. The quantitative estimate of drug-likeness (QED) is 0.676. The molecule has 2 aliphatic rings. The summed E-state index contributed by atoms with van der Waals surface area (Å²) in [6, 6.07) is 0. The standard InChI is InChI=1S/C10H16O3/c1-7-5-10(6-7)4-3-9(2,13-10)8(11)12/h7H,3-6H2,1-2H3,(H,11,12). The molecule has 1 saturated heterocycles. The summed E-state index contributed by atoms with van der Waals surface area (Å²) in [5, 5.41) is 8.97. The zero-order valence-corrected chi connectivity index (χ0v) is 8.17. The number of hydrogen-bond acceptors (Lipinski definition) is 2. The van der Waals surface area contributed by atoms with Crippen LogP contribution >= 0.6 is 0 Å². The number of hydrogen-bond donors (Lipinski definition) is 1. The second-order valence-corrected chi connectivity index (χ2v) is 4.83. The van der Waals surface area contributed by atoms with E-state index in [1.807, 2.05) is 0 Å². The van der Waals surface area contributed by atoms with Crippen LogP contribution in [0.25, 0.3) is 0 Å². The second-order valence-electron chi connectivity index (χ2n) is 4.83. The van der Waals surface area contributed by atoms with Gasteiger partial charge in [0.05, 0.1) is 5.60 Å². The van der Waals surface area contributed by atoms with Crippen LogP contribution in [0.2, 0.25) is 0 Å². The van der Waals surface area contributed by atoms with Gasteiger partial charge in [-0.1, -0.05) is 6.92 Å². The van der Waals surface area contributed by atoms with Crippen LogP contribution in [0.15, 0.2) is 0 Å². The van der Waals surface area contributed by atoms with Gasteiger partial charge in [-0.05, 0) is 38.5 Å². The van der Waals surface area contributed by atoms with Crippen molar-refractivity contribution in [1.82, 2.24) is 0 Å². The Kier molecular flexibility index (Phi) is 1.71. The maximum Gasteiger partial charge on any atom is 0.335 e. The molecule has 1 saturated carbocycles. The van der Waals surface area contributed by atoms with Gasteiger partial charge in [-0.15, -0.1) is 0 Å². The smallest absolute Gasteiger partial charge is 0.335 e. The van der Waals surface area contributed by atoms with E-state index in [1.54, 1.807) is 6.92 Å². The Morgan fingerprint density at radius 2 is 2.08 bits per heavy atom. The molecule has 0 radical (unpaired) electrons. The van der Waals surface area contributed by atoms with E-state index < -0.39 is 11.6 Å². The first-order chi connectivity index (χ1) is 5.96. The Hall–Kier alpha value is -0.570. The van der Waals surface area contributed by atoms with Gasteiger partial charge < -0.3 is 9.84 Å². The SMILES string of the molecule is CC1CC2(CCC(C)(C(=O)O)O2)C1. The van der Waals surface area contributed by atoms with Gasteiger partial charge in [0.1, 0.15) is 0 Å². The van der Waals surface area contributed by atoms with Crippen molar-refractivity contribution in [3.8, 4) is 0 Å². The van der Waals surface area contributed by atoms with E-state index in [2.05, 4.69) is 6.92 Å². The summed E-state index contributed by atoms with van der Waals surface area (Å²) in [6.45, 7) is 3.87. The summed E-state index contributed by atoms with van der Waals surface area (Å²) in [7, 11) is 0. The minimum Gasteiger partial charge on any atom is -0.479 e. The highest BCUT2D eigenvalue weighted by molar-refractivity contribution is 5.77. The highest BCUT2D eigenvalue weighted by atomic mass is 16.6. The predicted octanol–water partition coefficient (Wildman–Crippen LogP) is 1.81. The van der Waals surface area contributed by atoms with Crippen molar-refractivity contribution in [2.75, 3.05) is 0 Å². The molecule has 0 bridgehead atoms. The molecule has 0 aromatic heterocycles. The summed E-state index contributed by atoms with van der Waals surface area (Å²) in [5.74, 6) is -0.111. The normalized spacial score (nSPS) is 49.2. The van der Waals surface area contributed by atoms with Crippen LogP contribution in [0, 0.1) is 5.92 Å². The zero-order chi connectivity index (χ0) is 9.69. The monoisotopic (exact) mass is 184 g/mol. The van der Waals surface area contributed by atoms with E-state index in [9.17, 15) is 4.79 Å². The molecule has 1 aliphatic carbocycles. The molecule has 1 spiro atoms. The number of carbonyl (C=O) groups is 1. The van der Waals surface area contributed by atoms with Crippen molar-refractivity contribution in [2.24, 2.45) is 5.92 Å². The molecule has 0 aromatic rings. The van der Waals surface area contributed by atoms with Crippen molar-refractivity contribution in [2.45, 2.75) is 50.7 Å². The highest BCUT2D eigenvalue weighted by Gasteiger charge is 2.55. The summed E-state index contributed by atoms with van der Waals surface area (Å²) in [5.41, 5.74) is -0.993. The van der Waals surface area contributed by atoms with Gasteiger partial charge in [-0.2, -0.15) is 0 Å². The van der Waals surface area contributed by atoms with E-state index in [0.29, 0.717) is 12.3 Å². The lowest BCUT2D eigenvalue weighted by Gasteiger charge is -2.44. The Bertz CT molecular complexity index is 243. The lowest BCUT2D eigenvalue weighted by Crippen LogP contribution is -2.46. The third-order valence-corrected chi connectivity index (χ3v) is 3.39. The van der Waals surface area contributed by atoms with Gasteiger partial charge in [0.2, 0.25) is 0 Å². The summed E-state index contributed by atoms with van der Waals surface area (Å²) in [6.07, 6.45) is 3.65. The molecule has 13 heavy (non-hydrogen) atoms. The molecule has 1 aliphatic heterocycles. The first-order valence-electron chi connectivity index (χ1n) is 4.89. The summed E-state index contributed by atoms with van der Waals surface area (Å²) < 4.78 is 5.70. The van der Waals surface area contributed by atoms with Crippen molar-refractivity contribution in [1.29, 1.82) is 0 Å². The van der Waals surface area contributed by atoms with Gasteiger partial charge >= 0.3 is 5.97 Å². The molecule has 0 aromatic carbocycles. The van der Waals surface area contributed by atoms with Gasteiger partial charge in [0.25, 0.3) is 0 Å². The van der Waals surface area contributed by atoms with Crippen molar-refractivity contribution >= 4 is 5.97 Å². The van der Waals surface area contributed by atoms with Gasteiger partial charge in [0.15, 0.2) is 5.60 Å². The molecule has 0 amide bonds. The minimum atomic E-state index is -0.917. The largest absolute Gasteiger partial charge is 0.479 e. The maximum absolute atomic E-state index is 10.9. The first-order valence-corrected chi connectivity index (χ1v) is 4.89. The first kappa shape index (κ1) is 9.00. The number of carboxylic acids is 1. The molecule has 2 rings (SSSR count). The molecule has 2 fully saturated rings. The van der Waals surface area contributed by atoms with Gasteiger partial charge in [-0.25, -0.2) is 4.79 Å². The number of rotatable bonds is 1. The Balaban J connectivity index is 2.06. The van der Waals surface area contributed by atoms with Crippen LogP contribution in [0.5, 0.6) is 0 Å². The molecule has 3 heteroatoms. The predicted molar refractivity (Wildman–Crippen MR) is 47.5 cm³/mol. The summed E-state index contributed by atoms with van der Waals surface area (Å²) >= 11 is 0. The van der Waals surface area contributed by atoms with Crippen LogP contribution in [-0.2, 0) is 9.53 Å². The topological polar surface area (TPSA) is 46.5 Å². The van der Waals surface area contributed by atoms with Crippen molar-refractivity contribution in [3.63, 3.8) is 0 Å². The second kappa shape index (κ2) is 2.47. The van der Waals surface area contributed by atoms with Crippen LogP contribution in [-0.4, -0.2) is 22.3 Å². The molecule has 1 N–H and O–H groups in total. The third kappa shape index (κ3) is 1.26. The van der Waals surface area contributed by atoms with E-state index in [-0.39, 0.29) is 5.60 Å². The fourth-order valence-electron chi connectivity index (χ4n) is 2.69. The minimum absolute atomic E-state index is 0.0768. The molecular formula is C10H16O3. The molecule has 1 atom stereocenters. The number of carboxylic acid groups (broad SMARTS) is 1. The molecule has 3 nitrogen and oxygen atoms in total. The van der Waals surface area contributed by atoms with Crippen LogP contribution < -0.4 is 0 Å². The molecular weight excluding hydrogens is 168 g/mol. The van der Waals surface area contributed by atoms with E-state index in [4.69, 9.17) is 9.84 Å². The Morgan fingerprint density at radius 3 is 2.46 bits per heavy atom. The number of ether oxygens (including phenoxy) is 1. The fourth-order valence-corrected chi connectivity index (χ4v) is 2.69. The van der Waals surface area contributed by atoms with E-state index in [0.717, 1.165) is 19.3 Å². The van der Waals surface area contributed by atoms with Crippen LogP contribution in [0.3, 0.4) is 0 Å². The van der Waals surface area contributed by atoms with Crippen molar-refractivity contribution < 1.29 is 14.6 Å². The summed E-state index contributed by atoms with van der Waals surface area (Å²) in [4.78, 5) is 10.9. The van der Waals surface area contributed by atoms with Gasteiger partial charge in [-0.3, -0.25) is 0 Å². The Morgan fingerprint density at radius 1 is 1.46 bits per heavy atom. The molecule has 1 unspecified atom stereocenters. The number of aliphatic carboxylic acids is 1.